The molecule has 0 amide bonds. The molecule has 0 aromatic heterocycles. The van der Waals surface area contributed by atoms with Crippen molar-refractivity contribution in [3.63, 3.8) is 0 Å². The molecule has 2 heteroatoms. The molecule has 3 fully saturated rings. The van der Waals surface area contributed by atoms with Crippen LogP contribution in [0.1, 0.15) is 72.1 Å². The number of ketones is 1. The van der Waals surface area contributed by atoms with Crippen LogP contribution in [0.4, 0.5) is 0 Å². The second-order valence-electron chi connectivity index (χ2n) is 9.24. The molecule has 0 aliphatic heterocycles. The number of aldehydes is 1. The highest BCUT2D eigenvalue weighted by atomic mass is 16.1. The van der Waals surface area contributed by atoms with Crippen molar-refractivity contribution in [1.82, 2.24) is 0 Å². The molecular formula is C22H30O2. The minimum atomic E-state index is 0.244. The van der Waals surface area contributed by atoms with Gasteiger partial charge in [0.2, 0.25) is 0 Å². The fourth-order valence-corrected chi connectivity index (χ4v) is 7.09. The topological polar surface area (TPSA) is 34.1 Å². The van der Waals surface area contributed by atoms with Gasteiger partial charge in [0.25, 0.3) is 0 Å². The third-order valence-electron chi connectivity index (χ3n) is 8.40. The van der Waals surface area contributed by atoms with Crippen LogP contribution in [0.3, 0.4) is 0 Å². The molecule has 0 heterocycles. The molecule has 3 saturated carbocycles. The minimum absolute atomic E-state index is 0.244. The maximum atomic E-state index is 11.9. The van der Waals surface area contributed by atoms with Gasteiger partial charge in [0.1, 0.15) is 6.29 Å². The van der Waals surface area contributed by atoms with E-state index in [1.807, 2.05) is 13.0 Å². The third-order valence-corrected chi connectivity index (χ3v) is 8.40. The first-order chi connectivity index (χ1) is 11.4. The van der Waals surface area contributed by atoms with Gasteiger partial charge in [0.15, 0.2) is 5.78 Å². The van der Waals surface area contributed by atoms with E-state index in [0.717, 1.165) is 55.3 Å². The zero-order valence-electron chi connectivity index (χ0n) is 15.4. The van der Waals surface area contributed by atoms with E-state index in [4.69, 9.17) is 0 Å². The summed E-state index contributed by atoms with van der Waals surface area (Å²) in [5.74, 6) is 2.59. The second-order valence-corrected chi connectivity index (χ2v) is 9.24. The van der Waals surface area contributed by atoms with Gasteiger partial charge >= 0.3 is 0 Å². The third kappa shape index (κ3) is 2.07. The summed E-state index contributed by atoms with van der Waals surface area (Å²) >= 11 is 0. The lowest BCUT2D eigenvalue weighted by Crippen LogP contribution is -2.49. The molecule has 0 bridgehead atoms. The Bertz CT molecular complexity index is 655. The van der Waals surface area contributed by atoms with Crippen molar-refractivity contribution >= 4 is 12.1 Å². The molecule has 0 saturated heterocycles. The molecular weight excluding hydrogens is 296 g/mol. The summed E-state index contributed by atoms with van der Waals surface area (Å²) in [6.07, 6.45) is 12.1. The average molecular weight is 326 g/mol. The highest BCUT2D eigenvalue weighted by Crippen LogP contribution is 2.66. The van der Waals surface area contributed by atoms with Crippen LogP contribution in [-0.2, 0) is 9.59 Å². The van der Waals surface area contributed by atoms with Gasteiger partial charge in [0.05, 0.1) is 0 Å². The monoisotopic (exact) mass is 326 g/mol. The van der Waals surface area contributed by atoms with Crippen molar-refractivity contribution in [3.8, 4) is 0 Å². The quantitative estimate of drug-likeness (QED) is 0.500. The maximum Gasteiger partial charge on any atom is 0.155 e. The van der Waals surface area contributed by atoms with Gasteiger partial charge in [-0.2, -0.15) is 0 Å². The highest BCUT2D eigenvalue weighted by molar-refractivity contribution is 5.91. The van der Waals surface area contributed by atoms with E-state index in [1.165, 1.54) is 36.8 Å². The fourth-order valence-electron chi connectivity index (χ4n) is 7.09. The molecule has 2 nitrogen and oxygen atoms in total. The van der Waals surface area contributed by atoms with Crippen LogP contribution in [0, 0.1) is 28.6 Å². The Kier molecular flexibility index (Phi) is 3.67. The molecule has 4 aliphatic carbocycles. The van der Waals surface area contributed by atoms with Gasteiger partial charge in [-0.3, -0.25) is 9.59 Å². The van der Waals surface area contributed by atoms with Gasteiger partial charge in [0, 0.05) is 6.42 Å². The molecule has 0 aromatic carbocycles. The second kappa shape index (κ2) is 5.41. The van der Waals surface area contributed by atoms with E-state index in [2.05, 4.69) is 13.8 Å². The first-order valence-electron chi connectivity index (χ1n) is 9.79. The van der Waals surface area contributed by atoms with Gasteiger partial charge < -0.3 is 0 Å². The summed E-state index contributed by atoms with van der Waals surface area (Å²) < 4.78 is 0. The average Bonchev–Trinajstić information content (AvgIpc) is 2.92. The summed E-state index contributed by atoms with van der Waals surface area (Å²) in [6.45, 7) is 6.88. The summed E-state index contributed by atoms with van der Waals surface area (Å²) in [5, 5.41) is 0. The van der Waals surface area contributed by atoms with Crippen molar-refractivity contribution in [2.24, 2.45) is 28.6 Å². The lowest BCUT2D eigenvalue weighted by atomic mass is 9.47. The minimum Gasteiger partial charge on any atom is -0.298 e. The zero-order valence-corrected chi connectivity index (χ0v) is 15.4. The van der Waals surface area contributed by atoms with Crippen molar-refractivity contribution < 1.29 is 9.59 Å². The fraction of sp³-hybridized carbons (Fsp3) is 0.727. The zero-order chi connectivity index (χ0) is 17.1. The SMILES string of the molecule is C/C(C=O)=C1/CCC2C3CCC4=CC(=O)CCC4(C)C3CCC12C. The van der Waals surface area contributed by atoms with Gasteiger partial charge in [-0.25, -0.2) is 0 Å². The van der Waals surface area contributed by atoms with E-state index in [-0.39, 0.29) is 10.8 Å². The predicted molar refractivity (Wildman–Crippen MR) is 95.5 cm³/mol. The first kappa shape index (κ1) is 16.3. The molecule has 0 N–H and O–H groups in total. The number of carbonyl (C=O) groups excluding carboxylic acids is 2. The van der Waals surface area contributed by atoms with Crippen LogP contribution >= 0.6 is 0 Å². The maximum absolute atomic E-state index is 11.9. The number of hydrogen-bond donors (Lipinski definition) is 0. The summed E-state index contributed by atoms with van der Waals surface area (Å²) in [4.78, 5) is 23.3. The number of rotatable bonds is 1. The van der Waals surface area contributed by atoms with Crippen LogP contribution < -0.4 is 0 Å². The highest BCUT2D eigenvalue weighted by Gasteiger charge is 2.57. The molecule has 24 heavy (non-hydrogen) atoms. The number of allylic oxidation sites excluding steroid dienone is 3. The van der Waals surface area contributed by atoms with Crippen LogP contribution in [0.2, 0.25) is 0 Å². The van der Waals surface area contributed by atoms with Gasteiger partial charge in [-0.15, -0.1) is 0 Å². The summed E-state index contributed by atoms with van der Waals surface area (Å²) in [5.41, 5.74) is 4.38. The smallest absolute Gasteiger partial charge is 0.155 e. The number of carbonyl (C=O) groups is 2. The Morgan fingerprint density at radius 1 is 1.04 bits per heavy atom. The first-order valence-corrected chi connectivity index (χ1v) is 9.79. The van der Waals surface area contributed by atoms with E-state index in [1.54, 1.807) is 0 Å². The summed E-state index contributed by atoms with van der Waals surface area (Å²) in [7, 11) is 0. The van der Waals surface area contributed by atoms with Crippen LogP contribution in [-0.4, -0.2) is 12.1 Å². The molecule has 4 aliphatic rings. The Hall–Kier alpha value is -1.18. The van der Waals surface area contributed by atoms with Gasteiger partial charge in [-0.1, -0.05) is 25.0 Å². The molecule has 0 radical (unpaired) electrons. The Balaban J connectivity index is 1.70. The Labute approximate surface area is 145 Å². The Morgan fingerprint density at radius 3 is 2.54 bits per heavy atom. The molecule has 4 rings (SSSR count). The van der Waals surface area contributed by atoms with Gasteiger partial charge in [-0.05, 0) is 92.1 Å². The number of fused-ring (bicyclic) bond motifs is 5. The predicted octanol–water partition coefficient (Wildman–Crippen LogP) is 5.03. The lowest BCUT2D eigenvalue weighted by Gasteiger charge is -2.57. The Morgan fingerprint density at radius 2 is 1.79 bits per heavy atom. The largest absolute Gasteiger partial charge is 0.298 e. The molecule has 5 unspecified atom stereocenters. The van der Waals surface area contributed by atoms with E-state index in [0.29, 0.717) is 5.78 Å². The lowest BCUT2D eigenvalue weighted by molar-refractivity contribution is -0.117. The van der Waals surface area contributed by atoms with Crippen molar-refractivity contribution in [1.29, 1.82) is 0 Å². The molecule has 0 aromatic rings. The molecule has 130 valence electrons. The molecule has 0 spiro atoms. The molecule has 5 atom stereocenters. The standard InChI is InChI=1S/C22H30O2/c1-14(13-23)18-6-7-19-17-5-4-15-12-16(24)8-10-21(15,2)20(17)9-11-22(18,19)3/h12-13,17,19-20H,4-11H2,1-3H3/b18-14+. The van der Waals surface area contributed by atoms with Crippen molar-refractivity contribution in [2.45, 2.75) is 72.1 Å². The summed E-state index contributed by atoms with van der Waals surface area (Å²) in [6, 6.07) is 0. The van der Waals surface area contributed by atoms with Crippen molar-refractivity contribution in [2.75, 3.05) is 0 Å². The van der Waals surface area contributed by atoms with Crippen molar-refractivity contribution in [3.05, 3.63) is 22.8 Å². The van der Waals surface area contributed by atoms with E-state index in [9.17, 15) is 9.59 Å². The van der Waals surface area contributed by atoms with E-state index < -0.39 is 0 Å². The van der Waals surface area contributed by atoms with Crippen LogP contribution in [0.15, 0.2) is 22.8 Å². The van der Waals surface area contributed by atoms with Crippen LogP contribution in [0.5, 0.6) is 0 Å². The normalized spacial score (nSPS) is 46.5. The van der Waals surface area contributed by atoms with Crippen LogP contribution in [0.25, 0.3) is 0 Å². The number of hydrogen-bond acceptors (Lipinski definition) is 2. The van der Waals surface area contributed by atoms with E-state index >= 15 is 0 Å².